The molecule has 0 unspecified atom stereocenters. The summed E-state index contributed by atoms with van der Waals surface area (Å²) in [6.07, 6.45) is 0. The van der Waals surface area contributed by atoms with E-state index < -0.39 is 8.07 Å². The van der Waals surface area contributed by atoms with Gasteiger partial charge in [0, 0.05) is 11.1 Å². The van der Waals surface area contributed by atoms with Gasteiger partial charge in [0.1, 0.15) is 0 Å². The molecule has 0 amide bonds. The van der Waals surface area contributed by atoms with Crippen molar-refractivity contribution < 1.29 is 0 Å². The molecule has 0 saturated carbocycles. The van der Waals surface area contributed by atoms with Crippen LogP contribution in [0, 0.1) is 17.9 Å². The molecule has 0 aliphatic carbocycles. The zero-order valence-electron chi connectivity index (χ0n) is 26.1. The molecule has 3 nitrogen and oxygen atoms in total. The van der Waals surface area contributed by atoms with Crippen molar-refractivity contribution >= 4 is 56.3 Å². The molecule has 1 heterocycles. The minimum atomic E-state index is -2.94. The van der Waals surface area contributed by atoms with Gasteiger partial charge in [-0.3, -0.25) is 0 Å². The molecule has 0 bridgehead atoms. The van der Waals surface area contributed by atoms with E-state index in [1.165, 1.54) is 20.7 Å². The van der Waals surface area contributed by atoms with Crippen molar-refractivity contribution in [2.24, 2.45) is 0 Å². The van der Waals surface area contributed by atoms with Gasteiger partial charge in [-0.05, 0) is 79.7 Å². The second-order valence-corrected chi connectivity index (χ2v) is 15.7. The maximum atomic E-state index is 10.3. The predicted octanol–water partition coefficient (Wildman–Crippen LogP) is 8.25. The minimum absolute atomic E-state index is 0.630. The molecular formula is C44H29N3Si. The number of hydrogen-bond acceptors (Lipinski definition) is 1. The van der Waals surface area contributed by atoms with Gasteiger partial charge in [0.05, 0.1) is 29.2 Å². The number of aromatic nitrogens is 1. The Bertz CT molecular complexity index is 2430. The third-order valence-corrected chi connectivity index (χ3v) is 14.2. The fraction of sp³-hybridized carbons (Fsp3) is 0. The molecule has 48 heavy (non-hydrogen) atoms. The Hall–Kier alpha value is -6.46. The monoisotopic (exact) mass is 627 g/mol. The summed E-state index contributed by atoms with van der Waals surface area (Å²) in [5, 5.41) is 17.4. The smallest absolute Gasteiger partial charge is 0.188 e. The quantitative estimate of drug-likeness (QED) is 0.104. The van der Waals surface area contributed by atoms with E-state index in [0.717, 1.165) is 38.6 Å². The van der Waals surface area contributed by atoms with E-state index in [9.17, 15) is 5.26 Å². The molecule has 7 aromatic carbocycles. The van der Waals surface area contributed by atoms with E-state index in [1.54, 1.807) is 0 Å². The fourth-order valence-corrected chi connectivity index (χ4v) is 12.3. The Labute approximate surface area is 281 Å². The SMILES string of the molecule is [C-]#[N+]c1ccc2c(c1)c1ccccc1n2-c1cccc(-c2ccc(C#N)cc2[Si](c2ccccc2)(c2ccccc2)c2ccccc2)c1. The van der Waals surface area contributed by atoms with Gasteiger partial charge >= 0.3 is 0 Å². The van der Waals surface area contributed by atoms with Crippen LogP contribution in [0.1, 0.15) is 5.56 Å². The first-order valence-corrected chi connectivity index (χ1v) is 17.9. The molecule has 224 valence electrons. The van der Waals surface area contributed by atoms with E-state index in [1.807, 2.05) is 18.2 Å². The second kappa shape index (κ2) is 12.0. The molecular weight excluding hydrogens is 599 g/mol. The van der Waals surface area contributed by atoms with Crippen LogP contribution in [0.3, 0.4) is 0 Å². The van der Waals surface area contributed by atoms with Crippen molar-refractivity contribution in [1.82, 2.24) is 4.57 Å². The molecule has 0 aliphatic heterocycles. The number of nitrogens with zero attached hydrogens (tertiary/aromatic N) is 3. The van der Waals surface area contributed by atoms with E-state index >= 15 is 0 Å². The van der Waals surface area contributed by atoms with Gasteiger partial charge in [0.2, 0.25) is 0 Å². The minimum Gasteiger partial charge on any atom is -0.309 e. The largest absolute Gasteiger partial charge is 0.309 e. The van der Waals surface area contributed by atoms with Crippen molar-refractivity contribution in [2.45, 2.75) is 0 Å². The Morgan fingerprint density at radius 3 is 1.77 bits per heavy atom. The Morgan fingerprint density at radius 1 is 0.542 bits per heavy atom. The Balaban J connectivity index is 1.44. The Morgan fingerprint density at radius 2 is 1.15 bits per heavy atom. The third-order valence-electron chi connectivity index (χ3n) is 9.37. The average molecular weight is 628 g/mol. The molecule has 0 atom stereocenters. The molecule has 8 rings (SSSR count). The summed E-state index contributed by atoms with van der Waals surface area (Å²) >= 11 is 0. The van der Waals surface area contributed by atoms with Gasteiger partial charge in [-0.25, -0.2) is 4.85 Å². The number of fused-ring (bicyclic) bond motifs is 3. The summed E-state index contributed by atoms with van der Waals surface area (Å²) in [4.78, 5) is 3.71. The lowest BCUT2D eigenvalue weighted by atomic mass is 10.0. The number of rotatable bonds is 6. The topological polar surface area (TPSA) is 33.1 Å². The molecule has 0 radical (unpaired) electrons. The summed E-state index contributed by atoms with van der Waals surface area (Å²) in [7, 11) is -2.94. The highest BCUT2D eigenvalue weighted by atomic mass is 28.3. The zero-order valence-corrected chi connectivity index (χ0v) is 27.1. The van der Waals surface area contributed by atoms with Gasteiger partial charge in [-0.2, -0.15) is 5.26 Å². The van der Waals surface area contributed by atoms with Gasteiger partial charge in [-0.1, -0.05) is 133 Å². The van der Waals surface area contributed by atoms with Crippen molar-refractivity contribution in [3.8, 4) is 22.9 Å². The second-order valence-electron chi connectivity index (χ2n) is 11.9. The van der Waals surface area contributed by atoms with Crippen LogP contribution in [0.4, 0.5) is 5.69 Å². The van der Waals surface area contributed by atoms with Crippen LogP contribution < -0.4 is 20.7 Å². The van der Waals surface area contributed by atoms with Gasteiger partial charge in [-0.15, -0.1) is 0 Å². The lowest BCUT2D eigenvalue weighted by Gasteiger charge is -2.36. The van der Waals surface area contributed by atoms with Crippen LogP contribution in [0.15, 0.2) is 176 Å². The molecule has 1 aromatic heterocycles. The van der Waals surface area contributed by atoms with E-state index in [4.69, 9.17) is 6.57 Å². The van der Waals surface area contributed by atoms with E-state index in [0.29, 0.717) is 11.3 Å². The first-order chi connectivity index (χ1) is 23.7. The molecule has 4 heteroatoms. The standard InChI is InChI=1S/C44H29N3Si/c1-46-34-25-27-43-41(30-34)40-22-11-12-23-42(40)47(43)35-15-13-14-33(29-35)39-26-24-32(31-45)28-44(39)48(36-16-5-2-6-17-36,37-18-7-3-8-19-37)38-20-9-4-10-21-38/h2-30H. The van der Waals surface area contributed by atoms with Gasteiger partial charge in [0.15, 0.2) is 13.8 Å². The first kappa shape index (κ1) is 29.0. The molecule has 0 N–H and O–H groups in total. The van der Waals surface area contributed by atoms with E-state index in [2.05, 4.69) is 173 Å². The van der Waals surface area contributed by atoms with Gasteiger partial charge in [0.25, 0.3) is 0 Å². The normalized spacial score (nSPS) is 11.3. The summed E-state index contributed by atoms with van der Waals surface area (Å²) in [6, 6.07) is 64.2. The number of nitriles is 1. The maximum absolute atomic E-state index is 10.3. The summed E-state index contributed by atoms with van der Waals surface area (Å²) in [5.41, 5.74) is 6.64. The number of para-hydroxylation sites is 1. The molecule has 8 aromatic rings. The fourth-order valence-electron chi connectivity index (χ4n) is 7.33. The van der Waals surface area contributed by atoms with Crippen LogP contribution in [0.5, 0.6) is 0 Å². The molecule has 0 spiro atoms. The van der Waals surface area contributed by atoms with Crippen LogP contribution in [-0.4, -0.2) is 12.6 Å². The van der Waals surface area contributed by atoms with Gasteiger partial charge < -0.3 is 4.57 Å². The zero-order chi connectivity index (χ0) is 32.5. The average Bonchev–Trinajstić information content (AvgIpc) is 3.50. The predicted molar refractivity (Wildman–Crippen MR) is 201 cm³/mol. The van der Waals surface area contributed by atoms with Crippen LogP contribution >= 0.6 is 0 Å². The Kier molecular flexibility index (Phi) is 7.27. The van der Waals surface area contributed by atoms with Crippen molar-refractivity contribution in [3.05, 3.63) is 193 Å². The van der Waals surface area contributed by atoms with Crippen LogP contribution in [-0.2, 0) is 0 Å². The third kappa shape index (κ3) is 4.64. The molecule has 0 saturated heterocycles. The van der Waals surface area contributed by atoms with Crippen LogP contribution in [0.2, 0.25) is 0 Å². The molecule has 0 fully saturated rings. The number of hydrogen-bond donors (Lipinski definition) is 0. The summed E-state index contributed by atoms with van der Waals surface area (Å²) < 4.78 is 2.29. The van der Waals surface area contributed by atoms with Crippen molar-refractivity contribution in [2.75, 3.05) is 0 Å². The lowest BCUT2D eigenvalue weighted by Crippen LogP contribution is -2.75. The summed E-state index contributed by atoms with van der Waals surface area (Å²) in [6.45, 7) is 7.61. The van der Waals surface area contributed by atoms with E-state index in [-0.39, 0.29) is 0 Å². The maximum Gasteiger partial charge on any atom is 0.188 e. The highest BCUT2D eigenvalue weighted by molar-refractivity contribution is 7.20. The van der Waals surface area contributed by atoms with Crippen molar-refractivity contribution in [3.63, 3.8) is 0 Å². The lowest BCUT2D eigenvalue weighted by molar-refractivity contribution is 1.18. The highest BCUT2D eigenvalue weighted by Gasteiger charge is 2.43. The summed E-state index contributed by atoms with van der Waals surface area (Å²) in [5.74, 6) is 0. The van der Waals surface area contributed by atoms with Crippen molar-refractivity contribution in [1.29, 1.82) is 5.26 Å². The molecule has 0 aliphatic rings. The number of benzene rings is 7. The first-order valence-electron chi connectivity index (χ1n) is 15.9. The van der Waals surface area contributed by atoms with Crippen LogP contribution in [0.25, 0.3) is 43.5 Å². The highest BCUT2D eigenvalue weighted by Crippen LogP contribution is 2.35.